The fourth-order valence-corrected chi connectivity index (χ4v) is 4.76. The summed E-state index contributed by atoms with van der Waals surface area (Å²) in [6, 6.07) is 13.7. The molecule has 1 aliphatic rings. The molecule has 1 aliphatic heterocycles. The molecule has 164 valence electrons. The van der Waals surface area contributed by atoms with Crippen molar-refractivity contribution in [2.24, 2.45) is 0 Å². The standard InChI is InChI=1S/C22H18FN3O4S2/c23-15-6-2-1-5-14(15)11-18-21(28)26(22(29)32-18)10-9-24-19(27)12-30-13-20-25-16-7-3-4-8-17(16)31-20/h1-8,11H,9-10,12-13H2,(H,24,27)/b18-11-. The van der Waals surface area contributed by atoms with Gasteiger partial charge in [-0.25, -0.2) is 9.37 Å². The third-order valence-electron chi connectivity index (χ3n) is 4.52. The number of aromatic nitrogens is 1. The molecule has 1 saturated heterocycles. The van der Waals surface area contributed by atoms with Gasteiger partial charge in [0.2, 0.25) is 5.91 Å². The SMILES string of the molecule is O=C(COCc1nc2ccccc2s1)NCCN1C(=O)S/C(=C\c2ccccc2F)C1=O. The van der Waals surface area contributed by atoms with Crippen LogP contribution in [0.2, 0.25) is 0 Å². The number of hydrogen-bond acceptors (Lipinski definition) is 7. The molecule has 0 spiro atoms. The lowest BCUT2D eigenvalue weighted by molar-refractivity contribution is -0.127. The van der Waals surface area contributed by atoms with Gasteiger partial charge in [-0.05, 0) is 36.0 Å². The van der Waals surface area contributed by atoms with Gasteiger partial charge in [0.15, 0.2) is 0 Å². The molecule has 1 aromatic heterocycles. The Balaban J connectivity index is 1.22. The highest BCUT2D eigenvalue weighted by Crippen LogP contribution is 2.32. The van der Waals surface area contributed by atoms with Crippen molar-refractivity contribution < 1.29 is 23.5 Å². The van der Waals surface area contributed by atoms with Gasteiger partial charge in [-0.1, -0.05) is 30.3 Å². The van der Waals surface area contributed by atoms with Gasteiger partial charge >= 0.3 is 0 Å². The number of halogens is 1. The Morgan fingerprint density at radius 3 is 2.75 bits per heavy atom. The smallest absolute Gasteiger partial charge is 0.293 e. The highest BCUT2D eigenvalue weighted by Gasteiger charge is 2.34. The van der Waals surface area contributed by atoms with Crippen LogP contribution in [0, 0.1) is 5.82 Å². The maximum Gasteiger partial charge on any atom is 0.293 e. The van der Waals surface area contributed by atoms with Crippen LogP contribution in [0.1, 0.15) is 10.6 Å². The van der Waals surface area contributed by atoms with Crippen LogP contribution in [0.5, 0.6) is 0 Å². The van der Waals surface area contributed by atoms with E-state index in [1.807, 2.05) is 24.3 Å². The van der Waals surface area contributed by atoms with E-state index in [0.717, 1.165) is 31.9 Å². The van der Waals surface area contributed by atoms with Crippen LogP contribution in [-0.2, 0) is 20.9 Å². The van der Waals surface area contributed by atoms with Crippen LogP contribution in [0.25, 0.3) is 16.3 Å². The number of amides is 3. The number of thioether (sulfide) groups is 1. The van der Waals surface area contributed by atoms with Crippen LogP contribution in [-0.4, -0.2) is 46.6 Å². The highest BCUT2D eigenvalue weighted by molar-refractivity contribution is 8.18. The number of carbonyl (C=O) groups is 3. The number of nitrogens with one attached hydrogen (secondary N) is 1. The lowest BCUT2D eigenvalue weighted by atomic mass is 10.2. The van der Waals surface area contributed by atoms with Crippen molar-refractivity contribution in [3.05, 3.63) is 69.8 Å². The molecule has 1 fully saturated rings. The molecular formula is C22H18FN3O4S2. The van der Waals surface area contributed by atoms with Crippen molar-refractivity contribution in [1.82, 2.24) is 15.2 Å². The first-order valence-electron chi connectivity index (χ1n) is 9.70. The van der Waals surface area contributed by atoms with Gasteiger partial charge < -0.3 is 10.1 Å². The Kier molecular flexibility index (Phi) is 6.93. The van der Waals surface area contributed by atoms with Gasteiger partial charge in [0.25, 0.3) is 11.1 Å². The molecule has 1 N–H and O–H groups in total. The molecule has 0 bridgehead atoms. The van der Waals surface area contributed by atoms with E-state index in [4.69, 9.17) is 4.74 Å². The number of carbonyl (C=O) groups excluding carboxylic acids is 3. The number of ether oxygens (including phenoxy) is 1. The first kappa shape index (κ1) is 22.1. The van der Waals surface area contributed by atoms with Gasteiger partial charge in [0, 0.05) is 18.7 Å². The number of rotatable bonds is 8. The summed E-state index contributed by atoms with van der Waals surface area (Å²) < 4.78 is 20.3. The molecule has 32 heavy (non-hydrogen) atoms. The van der Waals surface area contributed by atoms with Crippen molar-refractivity contribution in [1.29, 1.82) is 0 Å². The largest absolute Gasteiger partial charge is 0.364 e. The second-order valence-electron chi connectivity index (χ2n) is 6.77. The van der Waals surface area contributed by atoms with Crippen LogP contribution >= 0.6 is 23.1 Å². The first-order chi connectivity index (χ1) is 15.5. The third kappa shape index (κ3) is 5.21. The van der Waals surface area contributed by atoms with Gasteiger partial charge in [-0.15, -0.1) is 11.3 Å². The maximum atomic E-state index is 13.8. The first-order valence-corrected chi connectivity index (χ1v) is 11.3. The zero-order valence-electron chi connectivity index (χ0n) is 16.7. The molecule has 0 radical (unpaired) electrons. The quantitative estimate of drug-likeness (QED) is 0.503. The monoisotopic (exact) mass is 471 g/mol. The molecule has 10 heteroatoms. The lowest BCUT2D eigenvalue weighted by Crippen LogP contribution is -2.38. The number of benzene rings is 2. The molecule has 3 amide bonds. The third-order valence-corrected chi connectivity index (χ3v) is 6.44. The summed E-state index contributed by atoms with van der Waals surface area (Å²) in [7, 11) is 0. The Labute approximate surface area is 191 Å². The van der Waals surface area contributed by atoms with Crippen molar-refractivity contribution in [2.45, 2.75) is 6.61 Å². The number of thiazole rings is 1. The van der Waals surface area contributed by atoms with E-state index < -0.39 is 17.0 Å². The minimum absolute atomic E-state index is 0.0168. The van der Waals surface area contributed by atoms with E-state index in [9.17, 15) is 18.8 Å². The number of fused-ring (bicyclic) bond motifs is 1. The van der Waals surface area contributed by atoms with Crippen molar-refractivity contribution in [3.8, 4) is 0 Å². The molecule has 4 rings (SSSR count). The Morgan fingerprint density at radius 1 is 1.16 bits per heavy atom. The molecule has 0 saturated carbocycles. The van der Waals surface area contributed by atoms with Gasteiger partial charge in [-0.3, -0.25) is 19.3 Å². The predicted molar refractivity (Wildman–Crippen MR) is 121 cm³/mol. The molecular weight excluding hydrogens is 453 g/mol. The van der Waals surface area contributed by atoms with E-state index in [1.54, 1.807) is 12.1 Å². The molecule has 0 unspecified atom stereocenters. The minimum atomic E-state index is -0.510. The topological polar surface area (TPSA) is 88.6 Å². The van der Waals surface area contributed by atoms with E-state index in [-0.39, 0.29) is 42.7 Å². The highest BCUT2D eigenvalue weighted by atomic mass is 32.2. The molecule has 0 aliphatic carbocycles. The lowest BCUT2D eigenvalue weighted by Gasteiger charge is -2.13. The minimum Gasteiger partial charge on any atom is -0.364 e. The van der Waals surface area contributed by atoms with Crippen LogP contribution in [0.4, 0.5) is 9.18 Å². The number of imide groups is 1. The molecule has 7 nitrogen and oxygen atoms in total. The zero-order valence-corrected chi connectivity index (χ0v) is 18.4. The molecule has 0 atom stereocenters. The van der Waals surface area contributed by atoms with Gasteiger partial charge in [0.05, 0.1) is 21.7 Å². The summed E-state index contributed by atoms with van der Waals surface area (Å²) >= 11 is 2.25. The Morgan fingerprint density at radius 2 is 1.94 bits per heavy atom. The van der Waals surface area contributed by atoms with Crippen molar-refractivity contribution >= 4 is 56.4 Å². The summed E-state index contributed by atoms with van der Waals surface area (Å²) in [5.41, 5.74) is 1.12. The number of hydrogen-bond donors (Lipinski definition) is 1. The zero-order chi connectivity index (χ0) is 22.5. The normalized spacial score (nSPS) is 15.2. The van der Waals surface area contributed by atoms with Gasteiger partial charge in [0.1, 0.15) is 17.4 Å². The van der Waals surface area contributed by atoms with E-state index in [1.165, 1.54) is 29.5 Å². The van der Waals surface area contributed by atoms with Crippen LogP contribution in [0.3, 0.4) is 0 Å². The average molecular weight is 472 g/mol. The predicted octanol–water partition coefficient (Wildman–Crippen LogP) is 3.80. The van der Waals surface area contributed by atoms with E-state index in [0.29, 0.717) is 0 Å². The Hall–Kier alpha value is -3.08. The molecule has 2 heterocycles. The van der Waals surface area contributed by atoms with Crippen molar-refractivity contribution in [3.63, 3.8) is 0 Å². The molecule has 3 aromatic rings. The van der Waals surface area contributed by atoms with E-state index in [2.05, 4.69) is 10.3 Å². The second kappa shape index (κ2) is 10.0. The van der Waals surface area contributed by atoms with E-state index >= 15 is 0 Å². The van der Waals surface area contributed by atoms with Crippen LogP contribution in [0.15, 0.2) is 53.4 Å². The Bertz CT molecular complexity index is 1180. The second-order valence-corrected chi connectivity index (χ2v) is 8.88. The summed E-state index contributed by atoms with van der Waals surface area (Å²) in [6.45, 7) is 0.166. The summed E-state index contributed by atoms with van der Waals surface area (Å²) in [4.78, 5) is 42.2. The van der Waals surface area contributed by atoms with Crippen LogP contribution < -0.4 is 5.32 Å². The summed E-state index contributed by atoms with van der Waals surface area (Å²) in [5, 5.41) is 2.94. The fraction of sp³-hybridized carbons (Fsp3) is 0.182. The summed E-state index contributed by atoms with van der Waals surface area (Å²) in [6.07, 6.45) is 1.36. The fourth-order valence-electron chi connectivity index (χ4n) is 3.00. The van der Waals surface area contributed by atoms with Gasteiger partial charge in [-0.2, -0.15) is 0 Å². The average Bonchev–Trinajstić information content (AvgIpc) is 3.30. The number of nitrogens with zero attached hydrogens (tertiary/aromatic N) is 2. The van der Waals surface area contributed by atoms with Crippen molar-refractivity contribution in [2.75, 3.05) is 19.7 Å². The summed E-state index contributed by atoms with van der Waals surface area (Å²) in [5.74, 6) is -1.35. The molecule has 2 aromatic carbocycles. The maximum absolute atomic E-state index is 13.8. The number of para-hydroxylation sites is 1.